The molecule has 0 saturated heterocycles. The fourth-order valence-corrected chi connectivity index (χ4v) is 0.471. The molecule has 0 atom stereocenters. The van der Waals surface area contributed by atoms with E-state index in [2.05, 4.69) is 6.58 Å². The molecule has 0 fully saturated rings. The molecule has 0 bridgehead atoms. The minimum Gasteiger partial charge on any atom is -0.193 e. The molecule has 2 heteroatoms. The van der Waals surface area contributed by atoms with Crippen LogP contribution in [-0.4, -0.2) is 0 Å². The molecule has 0 aliphatic carbocycles. The Morgan fingerprint density at radius 2 is 1.77 bits per heavy atom. The first kappa shape index (κ1) is 13.8. The molecular weight excluding hydrogens is 160 g/mol. The number of allylic oxidation sites excluding steroid dienone is 5. The second kappa shape index (κ2) is 10.2. The Hall–Kier alpha value is -1.80. The van der Waals surface area contributed by atoms with E-state index >= 15 is 0 Å². The molecule has 68 valence electrons. The van der Waals surface area contributed by atoms with Crippen molar-refractivity contribution in [1.29, 1.82) is 10.5 Å². The van der Waals surface area contributed by atoms with Crippen molar-refractivity contribution in [3.63, 3.8) is 0 Å². The van der Waals surface area contributed by atoms with Gasteiger partial charge in [0, 0.05) is 5.57 Å². The van der Waals surface area contributed by atoms with Gasteiger partial charge >= 0.3 is 0 Å². The third kappa shape index (κ3) is 6.59. The molecule has 0 aromatic carbocycles. The van der Waals surface area contributed by atoms with Crippen LogP contribution in [0.4, 0.5) is 0 Å². The first-order chi connectivity index (χ1) is 6.26. The summed E-state index contributed by atoms with van der Waals surface area (Å²) in [4.78, 5) is 0. The fourth-order valence-electron chi connectivity index (χ4n) is 0.471. The van der Waals surface area contributed by atoms with Crippen LogP contribution >= 0.6 is 0 Å². The third-order valence-electron chi connectivity index (χ3n) is 1.09. The van der Waals surface area contributed by atoms with Gasteiger partial charge in [0.15, 0.2) is 0 Å². The lowest BCUT2D eigenvalue weighted by Gasteiger charge is -1.86. The third-order valence-corrected chi connectivity index (χ3v) is 1.09. The molecule has 13 heavy (non-hydrogen) atoms. The second-order valence-electron chi connectivity index (χ2n) is 1.86. The predicted molar refractivity (Wildman–Crippen MR) is 54.6 cm³/mol. The summed E-state index contributed by atoms with van der Waals surface area (Å²) >= 11 is 0. The molecule has 0 aliphatic heterocycles. The summed E-state index contributed by atoms with van der Waals surface area (Å²) in [5.74, 6) is 0. The Bertz CT molecular complexity index is 282. The highest BCUT2D eigenvalue weighted by Crippen LogP contribution is 2.02. The maximum atomic E-state index is 8.51. The van der Waals surface area contributed by atoms with Crippen LogP contribution in [0, 0.1) is 22.7 Å². The van der Waals surface area contributed by atoms with E-state index in [0.717, 1.165) is 0 Å². The van der Waals surface area contributed by atoms with Crippen molar-refractivity contribution in [1.82, 2.24) is 0 Å². The van der Waals surface area contributed by atoms with Crippen molar-refractivity contribution in [2.45, 2.75) is 20.8 Å². The number of hydrogen-bond donors (Lipinski definition) is 0. The van der Waals surface area contributed by atoms with Crippen LogP contribution in [0.25, 0.3) is 0 Å². The molecule has 0 unspecified atom stereocenters. The Morgan fingerprint density at radius 1 is 1.23 bits per heavy atom. The molecule has 0 aliphatic rings. The number of rotatable bonds is 2. The highest BCUT2D eigenvalue weighted by molar-refractivity contribution is 5.43. The number of hydrogen-bond acceptors (Lipinski definition) is 2. The van der Waals surface area contributed by atoms with E-state index in [1.807, 2.05) is 26.0 Å². The summed E-state index contributed by atoms with van der Waals surface area (Å²) < 4.78 is 0. The quantitative estimate of drug-likeness (QED) is 0.477. The summed E-state index contributed by atoms with van der Waals surface area (Å²) in [5.41, 5.74) is 0.804. The fraction of sp³-hybridized carbons (Fsp3) is 0.273. The zero-order chi connectivity index (χ0) is 10.7. The molecule has 0 amide bonds. The number of nitrogens with zero attached hydrogens (tertiary/aromatic N) is 2. The van der Waals surface area contributed by atoms with Gasteiger partial charge in [0.05, 0.1) is 11.6 Å². The molecule has 0 aromatic heterocycles. The van der Waals surface area contributed by atoms with Gasteiger partial charge in [-0.05, 0) is 13.0 Å². The van der Waals surface area contributed by atoms with Gasteiger partial charge in [-0.1, -0.05) is 32.6 Å². The highest BCUT2D eigenvalue weighted by atomic mass is 14.3. The summed E-state index contributed by atoms with van der Waals surface area (Å²) in [5, 5.41) is 16.9. The topological polar surface area (TPSA) is 47.6 Å². The summed E-state index contributed by atoms with van der Waals surface area (Å²) in [6.45, 7) is 9.05. The first-order valence-corrected chi connectivity index (χ1v) is 4.06. The normalized spacial score (nSPS) is 10.2. The van der Waals surface area contributed by atoms with Gasteiger partial charge in [0.1, 0.15) is 6.07 Å². The van der Waals surface area contributed by atoms with Crippen molar-refractivity contribution < 1.29 is 0 Å². The Kier molecular flexibility index (Phi) is 10.8. The smallest absolute Gasteiger partial charge is 0.100 e. The Balaban J connectivity index is 0. The van der Waals surface area contributed by atoms with E-state index in [-0.39, 0.29) is 0 Å². The maximum Gasteiger partial charge on any atom is 0.100 e. The van der Waals surface area contributed by atoms with E-state index in [9.17, 15) is 0 Å². The molecule has 0 spiro atoms. The monoisotopic (exact) mass is 174 g/mol. The van der Waals surface area contributed by atoms with Crippen molar-refractivity contribution in [2.75, 3.05) is 0 Å². The average Bonchev–Trinajstić information content (AvgIpc) is 2.21. The summed E-state index contributed by atoms with van der Waals surface area (Å²) in [6.07, 6.45) is 4.74. The molecular formula is C11H14N2. The molecule has 0 heterocycles. The second-order valence-corrected chi connectivity index (χ2v) is 1.86. The van der Waals surface area contributed by atoms with E-state index in [0.29, 0.717) is 11.1 Å². The van der Waals surface area contributed by atoms with Crippen LogP contribution < -0.4 is 0 Å². The van der Waals surface area contributed by atoms with Gasteiger partial charge in [0.2, 0.25) is 0 Å². The summed E-state index contributed by atoms with van der Waals surface area (Å²) in [6, 6.07) is 3.81. The zero-order valence-electron chi connectivity index (χ0n) is 8.33. The average molecular weight is 174 g/mol. The van der Waals surface area contributed by atoms with Gasteiger partial charge in [0.25, 0.3) is 0 Å². The van der Waals surface area contributed by atoms with Crippen LogP contribution in [0.3, 0.4) is 0 Å². The molecule has 0 radical (unpaired) electrons. The number of nitriles is 2. The molecule has 0 saturated carbocycles. The lowest BCUT2D eigenvalue weighted by atomic mass is 10.1. The van der Waals surface area contributed by atoms with Gasteiger partial charge in [-0.3, -0.25) is 0 Å². The van der Waals surface area contributed by atoms with Gasteiger partial charge in [-0.25, -0.2) is 0 Å². The zero-order valence-corrected chi connectivity index (χ0v) is 8.33. The van der Waals surface area contributed by atoms with Gasteiger partial charge in [-0.2, -0.15) is 10.5 Å². The molecule has 2 nitrogen and oxygen atoms in total. The van der Waals surface area contributed by atoms with Crippen molar-refractivity contribution >= 4 is 0 Å². The van der Waals surface area contributed by atoms with Crippen molar-refractivity contribution in [2.24, 2.45) is 0 Å². The van der Waals surface area contributed by atoms with E-state index in [1.165, 1.54) is 0 Å². The van der Waals surface area contributed by atoms with Gasteiger partial charge in [-0.15, -0.1) is 0 Å². The lowest BCUT2D eigenvalue weighted by Crippen LogP contribution is -1.77. The lowest BCUT2D eigenvalue weighted by molar-refractivity contribution is 1.39. The van der Waals surface area contributed by atoms with Crippen LogP contribution in [0.15, 0.2) is 36.0 Å². The Morgan fingerprint density at radius 3 is 2.08 bits per heavy atom. The largest absolute Gasteiger partial charge is 0.193 e. The molecule has 0 rings (SSSR count). The predicted octanol–water partition coefficient (Wildman–Crippen LogP) is 3.12. The SMILES string of the molecule is C=C/C=C\C(C#N)=C(/C)C#N.CC. The van der Waals surface area contributed by atoms with Crippen molar-refractivity contribution in [3.8, 4) is 12.1 Å². The van der Waals surface area contributed by atoms with Gasteiger partial charge < -0.3 is 0 Å². The standard InChI is InChI=1S/C9H8N2.C2H6/c1-3-4-5-9(7-11)8(2)6-10;1-2/h3-5H,1H2,2H3;1-2H3/b5-4-,9-8-;. The van der Waals surface area contributed by atoms with E-state index in [4.69, 9.17) is 10.5 Å². The molecule has 0 N–H and O–H groups in total. The van der Waals surface area contributed by atoms with Crippen LogP contribution in [0.5, 0.6) is 0 Å². The van der Waals surface area contributed by atoms with E-state index < -0.39 is 0 Å². The highest BCUT2D eigenvalue weighted by Gasteiger charge is 1.93. The van der Waals surface area contributed by atoms with Crippen LogP contribution in [0.1, 0.15) is 20.8 Å². The minimum atomic E-state index is 0.382. The minimum absolute atomic E-state index is 0.382. The van der Waals surface area contributed by atoms with E-state index in [1.54, 1.807) is 25.2 Å². The maximum absolute atomic E-state index is 8.51. The molecule has 0 aromatic rings. The van der Waals surface area contributed by atoms with Crippen LogP contribution in [-0.2, 0) is 0 Å². The van der Waals surface area contributed by atoms with Crippen molar-refractivity contribution in [3.05, 3.63) is 36.0 Å². The first-order valence-electron chi connectivity index (χ1n) is 4.06. The summed E-state index contributed by atoms with van der Waals surface area (Å²) in [7, 11) is 0. The van der Waals surface area contributed by atoms with Crippen LogP contribution in [0.2, 0.25) is 0 Å². The Labute approximate surface area is 80.1 Å².